The van der Waals surface area contributed by atoms with E-state index in [2.05, 4.69) is 0 Å². The van der Waals surface area contributed by atoms with E-state index in [0.29, 0.717) is 11.3 Å². The van der Waals surface area contributed by atoms with E-state index in [1.54, 1.807) is 12.1 Å². The van der Waals surface area contributed by atoms with Gasteiger partial charge in [0, 0.05) is 33.3 Å². The van der Waals surface area contributed by atoms with Gasteiger partial charge in [-0.15, -0.1) is 0 Å². The van der Waals surface area contributed by atoms with Gasteiger partial charge in [-0.05, 0) is 19.1 Å². The van der Waals surface area contributed by atoms with E-state index in [1.807, 2.05) is 13.0 Å². The Bertz CT molecular complexity index is 864. The van der Waals surface area contributed by atoms with Crippen molar-refractivity contribution in [1.82, 2.24) is 0 Å². The highest BCUT2D eigenvalue weighted by Gasteiger charge is 2.53. The Morgan fingerprint density at radius 3 is 1.94 bits per heavy atom. The number of aryl methyl sites for hydroxylation is 1. The van der Waals surface area contributed by atoms with Crippen LogP contribution in [0.5, 0.6) is 5.75 Å². The highest BCUT2D eigenvalue weighted by Crippen LogP contribution is 2.41. The molecule has 0 N–H and O–H groups in total. The van der Waals surface area contributed by atoms with Crippen LogP contribution < -0.4 is 4.74 Å². The van der Waals surface area contributed by atoms with Gasteiger partial charge in [-0.3, -0.25) is 19.2 Å². The molecule has 10 nitrogen and oxygen atoms in total. The number of carbonyl (C=O) groups excluding carboxylic acids is 4. The summed E-state index contributed by atoms with van der Waals surface area (Å²) in [6.45, 7) is 6.33. The van der Waals surface area contributed by atoms with E-state index >= 15 is 0 Å². The van der Waals surface area contributed by atoms with Gasteiger partial charge in [0.15, 0.2) is 18.3 Å². The van der Waals surface area contributed by atoms with Crippen LogP contribution in [0.2, 0.25) is 0 Å². The number of carbonyl (C=O) groups is 4. The molecule has 1 fully saturated rings. The molecule has 0 amide bonds. The average Bonchev–Trinajstić information content (AvgIpc) is 2.68. The van der Waals surface area contributed by atoms with E-state index in [9.17, 15) is 19.2 Å². The third-order valence-corrected chi connectivity index (χ3v) is 4.68. The molecule has 176 valence electrons. The lowest BCUT2D eigenvalue weighted by molar-refractivity contribution is -0.254. The van der Waals surface area contributed by atoms with Crippen LogP contribution in [-0.4, -0.2) is 62.0 Å². The smallest absolute Gasteiger partial charge is 0.303 e. The molecule has 1 aliphatic heterocycles. The zero-order chi connectivity index (χ0) is 24.0. The van der Waals surface area contributed by atoms with Crippen molar-refractivity contribution in [1.29, 1.82) is 0 Å². The summed E-state index contributed by atoms with van der Waals surface area (Å²) in [5.41, 5.74) is 1.39. The third-order valence-electron chi connectivity index (χ3n) is 4.68. The van der Waals surface area contributed by atoms with Gasteiger partial charge >= 0.3 is 23.9 Å². The summed E-state index contributed by atoms with van der Waals surface area (Å²) in [6.07, 6.45) is -5.61. The van der Waals surface area contributed by atoms with Gasteiger partial charge in [0.2, 0.25) is 0 Å². The average molecular weight is 452 g/mol. The lowest BCUT2D eigenvalue weighted by atomic mass is 9.89. The summed E-state index contributed by atoms with van der Waals surface area (Å²) in [4.78, 5) is 47.1. The van der Waals surface area contributed by atoms with Gasteiger partial charge in [-0.25, -0.2) is 0 Å². The molecule has 2 rings (SSSR count). The number of hydrogen-bond donors (Lipinski definition) is 0. The first-order valence-electron chi connectivity index (χ1n) is 9.98. The van der Waals surface area contributed by atoms with Crippen LogP contribution in [0, 0.1) is 6.92 Å². The topological polar surface area (TPSA) is 124 Å². The molecule has 0 radical (unpaired) electrons. The summed E-state index contributed by atoms with van der Waals surface area (Å²) in [6, 6.07) is 5.33. The predicted octanol–water partition coefficient (Wildman–Crippen LogP) is 1.80. The van der Waals surface area contributed by atoms with E-state index in [0.717, 1.165) is 5.56 Å². The largest absolute Gasteiger partial charge is 0.496 e. The van der Waals surface area contributed by atoms with Gasteiger partial charge in [0.1, 0.15) is 24.6 Å². The molecule has 10 heteroatoms. The summed E-state index contributed by atoms with van der Waals surface area (Å²) < 4.78 is 33.0. The molecule has 32 heavy (non-hydrogen) atoms. The highest BCUT2D eigenvalue weighted by molar-refractivity contribution is 5.69. The number of ether oxygens (including phenoxy) is 6. The minimum absolute atomic E-state index is 0.289. The molecule has 1 aliphatic rings. The fourth-order valence-corrected chi connectivity index (χ4v) is 3.55. The minimum Gasteiger partial charge on any atom is -0.496 e. The van der Waals surface area contributed by atoms with Crippen molar-refractivity contribution in [2.75, 3.05) is 13.7 Å². The second-order valence-corrected chi connectivity index (χ2v) is 7.37. The number of esters is 4. The molecule has 0 unspecified atom stereocenters. The van der Waals surface area contributed by atoms with Crippen LogP contribution in [0.15, 0.2) is 18.2 Å². The lowest BCUT2D eigenvalue weighted by Gasteiger charge is -2.44. The van der Waals surface area contributed by atoms with Crippen molar-refractivity contribution in [3.05, 3.63) is 29.3 Å². The van der Waals surface area contributed by atoms with E-state index in [1.165, 1.54) is 34.8 Å². The van der Waals surface area contributed by atoms with Crippen LogP contribution in [0.3, 0.4) is 0 Å². The molecule has 0 saturated carbocycles. The zero-order valence-corrected chi connectivity index (χ0v) is 18.9. The molecule has 5 atom stereocenters. The molecule has 1 aromatic carbocycles. The number of rotatable bonds is 7. The molecule has 0 spiro atoms. The van der Waals surface area contributed by atoms with E-state index < -0.39 is 54.4 Å². The Kier molecular flexibility index (Phi) is 8.59. The number of hydrogen-bond acceptors (Lipinski definition) is 10. The number of methoxy groups -OCH3 is 1. The second kappa shape index (κ2) is 10.9. The Morgan fingerprint density at radius 1 is 0.844 bits per heavy atom. The SMILES string of the molecule is COc1ccc(C)cc1[C@@H]1O[C@H](COC(C)=O)[C@@H](OC(C)=O)[C@H](OC(C)=O)[C@H]1OC(C)=O. The van der Waals surface area contributed by atoms with Crippen LogP contribution in [-0.2, 0) is 42.9 Å². The zero-order valence-electron chi connectivity index (χ0n) is 18.9. The van der Waals surface area contributed by atoms with Crippen molar-refractivity contribution < 1.29 is 47.6 Å². The van der Waals surface area contributed by atoms with E-state index in [-0.39, 0.29) is 6.61 Å². The molecule has 0 aromatic heterocycles. The quantitative estimate of drug-likeness (QED) is 0.447. The third kappa shape index (κ3) is 6.43. The second-order valence-electron chi connectivity index (χ2n) is 7.37. The van der Waals surface area contributed by atoms with Crippen molar-refractivity contribution in [3.8, 4) is 5.75 Å². The molecule has 1 aromatic rings. The Balaban J connectivity index is 2.62. The fraction of sp³-hybridized carbons (Fsp3) is 0.545. The summed E-state index contributed by atoms with van der Waals surface area (Å²) in [5, 5.41) is 0. The fourth-order valence-electron chi connectivity index (χ4n) is 3.55. The molecule has 0 aliphatic carbocycles. The Morgan fingerprint density at radius 2 is 1.41 bits per heavy atom. The van der Waals surface area contributed by atoms with Crippen molar-refractivity contribution in [3.63, 3.8) is 0 Å². The standard InChI is InChI=1S/C22H28O10/c1-11-7-8-17(27-6)16(9-11)19-21(30-14(4)25)22(31-15(5)26)20(29-13(3)24)18(32-19)10-28-12(2)23/h7-9,18-22H,10H2,1-6H3/t18-,19+,20-,21+,22+/m1/s1. The van der Waals surface area contributed by atoms with Gasteiger partial charge in [0.25, 0.3) is 0 Å². The van der Waals surface area contributed by atoms with Gasteiger partial charge in [-0.1, -0.05) is 11.6 Å². The van der Waals surface area contributed by atoms with Crippen LogP contribution in [0.1, 0.15) is 44.9 Å². The van der Waals surface area contributed by atoms with Crippen molar-refractivity contribution in [2.45, 2.75) is 65.1 Å². The van der Waals surface area contributed by atoms with Gasteiger partial charge < -0.3 is 28.4 Å². The minimum atomic E-state index is -1.23. The maximum Gasteiger partial charge on any atom is 0.303 e. The monoisotopic (exact) mass is 452 g/mol. The first kappa shape index (κ1) is 25.1. The van der Waals surface area contributed by atoms with Crippen LogP contribution in [0.4, 0.5) is 0 Å². The summed E-state index contributed by atoms with van der Waals surface area (Å²) in [7, 11) is 1.47. The van der Waals surface area contributed by atoms with E-state index in [4.69, 9.17) is 28.4 Å². The normalized spacial score (nSPS) is 24.8. The highest BCUT2D eigenvalue weighted by atomic mass is 16.7. The molecular formula is C22H28O10. The van der Waals surface area contributed by atoms with Gasteiger partial charge in [0.05, 0.1) is 7.11 Å². The molecule has 1 heterocycles. The Labute approximate surface area is 186 Å². The number of benzene rings is 1. The molecular weight excluding hydrogens is 424 g/mol. The molecule has 0 bridgehead atoms. The maximum atomic E-state index is 11.9. The summed E-state index contributed by atoms with van der Waals surface area (Å²) in [5.74, 6) is -2.17. The van der Waals surface area contributed by atoms with Crippen LogP contribution >= 0.6 is 0 Å². The lowest BCUT2D eigenvalue weighted by Crippen LogP contribution is -2.59. The Hall–Kier alpha value is -3.14. The predicted molar refractivity (Wildman–Crippen MR) is 109 cm³/mol. The molecule has 1 saturated heterocycles. The maximum absolute atomic E-state index is 11.9. The summed E-state index contributed by atoms with van der Waals surface area (Å²) >= 11 is 0. The van der Waals surface area contributed by atoms with Crippen molar-refractivity contribution in [2.24, 2.45) is 0 Å². The first-order valence-corrected chi connectivity index (χ1v) is 9.98. The van der Waals surface area contributed by atoms with Gasteiger partial charge in [-0.2, -0.15) is 0 Å². The van der Waals surface area contributed by atoms with Crippen LogP contribution in [0.25, 0.3) is 0 Å². The van der Waals surface area contributed by atoms with Crippen molar-refractivity contribution >= 4 is 23.9 Å². The first-order chi connectivity index (χ1) is 15.0.